The summed E-state index contributed by atoms with van der Waals surface area (Å²) in [7, 11) is -3.08. The number of ether oxygens (including phenoxy) is 1. The predicted molar refractivity (Wildman–Crippen MR) is 125 cm³/mol. The van der Waals surface area contributed by atoms with Gasteiger partial charge in [-0.25, -0.2) is 8.42 Å². The molecule has 5 fully saturated rings. The maximum absolute atomic E-state index is 13.5. The zero-order valence-electron chi connectivity index (χ0n) is 19.7. The molecule has 180 valence electrons. The molecule has 1 aromatic carbocycles. The van der Waals surface area contributed by atoms with Crippen LogP contribution in [0.25, 0.3) is 0 Å². The van der Waals surface area contributed by atoms with Crippen LogP contribution >= 0.6 is 0 Å². The molecule has 4 aliphatic carbocycles. The summed E-state index contributed by atoms with van der Waals surface area (Å²) in [4.78, 5) is 27.9. The summed E-state index contributed by atoms with van der Waals surface area (Å²) in [5, 5.41) is 0. The molecule has 1 heterocycles. The van der Waals surface area contributed by atoms with Gasteiger partial charge in [0.05, 0.1) is 16.9 Å². The molecule has 33 heavy (non-hydrogen) atoms. The summed E-state index contributed by atoms with van der Waals surface area (Å²) in [6.45, 7) is 4.06. The number of rotatable bonds is 6. The monoisotopic (exact) mass is 473 g/mol. The molecule has 7 heteroatoms. The van der Waals surface area contributed by atoms with E-state index in [1.807, 2.05) is 6.92 Å². The SMILES string of the molecule is CCN(C(=O)COC(=O)C12CC3CC(C1)CC(c1ccc(C)cc1)(C3)C2)C1CCS(=O)(=O)C1. The molecule has 4 saturated carbocycles. The van der Waals surface area contributed by atoms with Crippen LogP contribution in [0.1, 0.15) is 63.0 Å². The third-order valence-electron chi connectivity index (χ3n) is 8.79. The van der Waals surface area contributed by atoms with Crippen LogP contribution in [0.4, 0.5) is 0 Å². The van der Waals surface area contributed by atoms with Crippen molar-refractivity contribution in [2.75, 3.05) is 24.7 Å². The van der Waals surface area contributed by atoms with Gasteiger partial charge in [0.15, 0.2) is 16.4 Å². The Morgan fingerprint density at radius 3 is 2.33 bits per heavy atom. The van der Waals surface area contributed by atoms with E-state index in [2.05, 4.69) is 31.2 Å². The van der Waals surface area contributed by atoms with Crippen molar-refractivity contribution >= 4 is 21.7 Å². The Labute approximate surface area is 197 Å². The highest BCUT2D eigenvalue weighted by molar-refractivity contribution is 7.91. The van der Waals surface area contributed by atoms with Crippen molar-refractivity contribution in [3.63, 3.8) is 0 Å². The fraction of sp³-hybridized carbons (Fsp3) is 0.692. The van der Waals surface area contributed by atoms with Gasteiger partial charge in [-0.15, -0.1) is 0 Å². The van der Waals surface area contributed by atoms with E-state index in [0.29, 0.717) is 24.8 Å². The highest BCUT2D eigenvalue weighted by Gasteiger charge is 2.61. The second-order valence-corrected chi connectivity index (χ2v) is 13.4. The van der Waals surface area contributed by atoms with Gasteiger partial charge in [-0.1, -0.05) is 29.8 Å². The summed E-state index contributed by atoms with van der Waals surface area (Å²) in [5.74, 6) is 0.682. The molecule has 5 aliphatic rings. The first-order chi connectivity index (χ1) is 15.6. The van der Waals surface area contributed by atoms with Gasteiger partial charge in [0.25, 0.3) is 5.91 Å². The lowest BCUT2D eigenvalue weighted by Crippen LogP contribution is -2.57. The van der Waals surface area contributed by atoms with Gasteiger partial charge in [0.2, 0.25) is 0 Å². The van der Waals surface area contributed by atoms with Crippen LogP contribution in [0.15, 0.2) is 24.3 Å². The van der Waals surface area contributed by atoms with Crippen LogP contribution < -0.4 is 0 Å². The maximum atomic E-state index is 13.5. The highest BCUT2D eigenvalue weighted by Crippen LogP contribution is 2.66. The molecule has 6 rings (SSSR count). The zero-order chi connectivity index (χ0) is 23.4. The third kappa shape index (κ3) is 4.11. The number of benzene rings is 1. The number of amides is 1. The predicted octanol–water partition coefficient (Wildman–Crippen LogP) is 3.41. The van der Waals surface area contributed by atoms with Crippen molar-refractivity contribution in [2.45, 2.75) is 70.3 Å². The molecule has 0 spiro atoms. The van der Waals surface area contributed by atoms with E-state index in [1.54, 1.807) is 4.90 Å². The van der Waals surface area contributed by atoms with Crippen LogP contribution in [-0.4, -0.2) is 55.9 Å². The Morgan fingerprint density at radius 2 is 1.76 bits per heavy atom. The van der Waals surface area contributed by atoms with Crippen LogP contribution in [0, 0.1) is 24.2 Å². The molecular weight excluding hydrogens is 438 g/mol. The van der Waals surface area contributed by atoms with E-state index in [1.165, 1.54) is 17.5 Å². The number of esters is 1. The number of carbonyl (C=O) groups excluding carboxylic acids is 2. The molecular formula is C26H35NO5S. The number of likely N-dealkylation sites (N-methyl/N-ethyl adjacent to an activating group) is 1. The standard InChI is InChI=1S/C26H35NO5S/c1-3-27(22-8-9-33(30,31)16-22)23(28)15-32-24(29)26-13-19-10-20(14-26)12-25(11-19,17-26)21-6-4-18(2)5-7-21/h4-7,19-20,22H,3,8-17H2,1-2H3. The number of hydrogen-bond acceptors (Lipinski definition) is 5. The Bertz CT molecular complexity index is 1030. The minimum atomic E-state index is -3.08. The summed E-state index contributed by atoms with van der Waals surface area (Å²) in [6.07, 6.45) is 6.47. The first-order valence-electron chi connectivity index (χ1n) is 12.4. The molecule has 1 saturated heterocycles. The highest BCUT2D eigenvalue weighted by atomic mass is 32.2. The van der Waals surface area contributed by atoms with Gasteiger partial charge < -0.3 is 9.64 Å². The normalized spacial score (nSPS) is 36.0. The Balaban J connectivity index is 1.29. The van der Waals surface area contributed by atoms with Gasteiger partial charge in [-0.3, -0.25) is 9.59 Å². The smallest absolute Gasteiger partial charge is 0.312 e. The quantitative estimate of drug-likeness (QED) is 0.592. The Morgan fingerprint density at radius 1 is 1.09 bits per heavy atom. The van der Waals surface area contributed by atoms with E-state index < -0.39 is 15.3 Å². The molecule has 1 aliphatic heterocycles. The second-order valence-electron chi connectivity index (χ2n) is 11.2. The minimum absolute atomic E-state index is 0.00684. The summed E-state index contributed by atoms with van der Waals surface area (Å²) < 4.78 is 29.4. The molecule has 4 bridgehead atoms. The number of aryl methyl sites for hydroxylation is 1. The molecule has 3 atom stereocenters. The number of sulfone groups is 1. The lowest BCUT2D eigenvalue weighted by molar-refractivity contribution is -0.177. The fourth-order valence-electron chi connectivity index (χ4n) is 7.77. The lowest BCUT2D eigenvalue weighted by atomic mass is 9.43. The molecule has 1 amide bonds. The molecule has 3 unspecified atom stereocenters. The van der Waals surface area contributed by atoms with E-state index in [-0.39, 0.29) is 41.4 Å². The first kappa shape index (κ1) is 22.9. The summed E-state index contributed by atoms with van der Waals surface area (Å²) in [5.41, 5.74) is 2.12. The van der Waals surface area contributed by atoms with Crippen molar-refractivity contribution in [3.8, 4) is 0 Å². The summed E-state index contributed by atoms with van der Waals surface area (Å²) in [6, 6.07) is 8.50. The zero-order valence-corrected chi connectivity index (χ0v) is 20.5. The molecule has 6 nitrogen and oxygen atoms in total. The molecule has 0 aromatic heterocycles. The van der Waals surface area contributed by atoms with E-state index in [4.69, 9.17) is 4.74 Å². The van der Waals surface area contributed by atoms with E-state index in [9.17, 15) is 18.0 Å². The van der Waals surface area contributed by atoms with Gasteiger partial charge in [-0.05, 0) is 81.6 Å². The van der Waals surface area contributed by atoms with Gasteiger partial charge in [0, 0.05) is 12.6 Å². The number of hydrogen-bond donors (Lipinski definition) is 0. The fourth-order valence-corrected chi connectivity index (χ4v) is 9.50. The summed E-state index contributed by atoms with van der Waals surface area (Å²) >= 11 is 0. The van der Waals surface area contributed by atoms with Crippen molar-refractivity contribution in [2.24, 2.45) is 17.3 Å². The van der Waals surface area contributed by atoms with Crippen molar-refractivity contribution in [3.05, 3.63) is 35.4 Å². The number of carbonyl (C=O) groups is 2. The largest absolute Gasteiger partial charge is 0.455 e. The van der Waals surface area contributed by atoms with Crippen LogP contribution in [0.5, 0.6) is 0 Å². The van der Waals surface area contributed by atoms with E-state index >= 15 is 0 Å². The second kappa shape index (κ2) is 8.10. The van der Waals surface area contributed by atoms with Crippen molar-refractivity contribution < 1.29 is 22.7 Å². The number of nitrogens with zero attached hydrogens (tertiary/aromatic N) is 1. The van der Waals surface area contributed by atoms with Crippen molar-refractivity contribution in [1.29, 1.82) is 0 Å². The molecule has 1 aromatic rings. The molecule has 0 N–H and O–H groups in total. The Kier molecular flexibility index (Phi) is 5.62. The van der Waals surface area contributed by atoms with Gasteiger partial charge in [0.1, 0.15) is 0 Å². The van der Waals surface area contributed by atoms with Gasteiger partial charge in [-0.2, -0.15) is 0 Å². The van der Waals surface area contributed by atoms with E-state index in [0.717, 1.165) is 32.1 Å². The first-order valence-corrected chi connectivity index (χ1v) is 14.2. The Hall–Kier alpha value is -1.89. The third-order valence-corrected chi connectivity index (χ3v) is 10.5. The van der Waals surface area contributed by atoms with Crippen LogP contribution in [0.2, 0.25) is 0 Å². The minimum Gasteiger partial charge on any atom is -0.455 e. The average Bonchev–Trinajstić information content (AvgIpc) is 3.11. The maximum Gasteiger partial charge on any atom is 0.312 e. The van der Waals surface area contributed by atoms with Gasteiger partial charge >= 0.3 is 5.97 Å². The lowest BCUT2D eigenvalue weighted by Gasteiger charge is -2.61. The van der Waals surface area contributed by atoms with Crippen molar-refractivity contribution in [1.82, 2.24) is 4.90 Å². The van der Waals surface area contributed by atoms with Crippen LogP contribution in [-0.2, 0) is 29.6 Å². The topological polar surface area (TPSA) is 80.8 Å². The molecule has 0 radical (unpaired) electrons. The van der Waals surface area contributed by atoms with Crippen LogP contribution in [0.3, 0.4) is 0 Å². The average molecular weight is 474 g/mol.